The Morgan fingerprint density at radius 2 is 2.24 bits per heavy atom. The van der Waals surface area contributed by atoms with E-state index in [0.29, 0.717) is 12.5 Å². The molecule has 1 aliphatic rings. The van der Waals surface area contributed by atoms with E-state index in [2.05, 4.69) is 28.9 Å². The fourth-order valence-corrected chi connectivity index (χ4v) is 2.04. The zero-order valence-electron chi connectivity index (χ0n) is 10.4. The third kappa shape index (κ3) is 3.41. The lowest BCUT2D eigenvalue weighted by Crippen LogP contribution is -2.36. The van der Waals surface area contributed by atoms with E-state index >= 15 is 0 Å². The summed E-state index contributed by atoms with van der Waals surface area (Å²) in [6.45, 7) is 6.44. The lowest BCUT2D eigenvalue weighted by Gasteiger charge is -2.29. The zero-order chi connectivity index (χ0) is 12.1. The molecule has 0 spiro atoms. The maximum absolute atomic E-state index is 5.65. The Labute approximate surface area is 103 Å². The molecule has 0 aliphatic carbocycles. The fourth-order valence-electron chi connectivity index (χ4n) is 2.04. The van der Waals surface area contributed by atoms with Gasteiger partial charge in [0.1, 0.15) is 0 Å². The number of rotatable bonds is 4. The first kappa shape index (κ1) is 12.3. The minimum atomic E-state index is 0.488. The molecule has 17 heavy (non-hydrogen) atoms. The summed E-state index contributed by atoms with van der Waals surface area (Å²) in [6, 6.07) is 4.25. The van der Waals surface area contributed by atoms with Crippen molar-refractivity contribution in [2.24, 2.45) is 11.7 Å². The monoisotopic (exact) mass is 235 g/mol. The molecule has 0 amide bonds. The number of ether oxygens (including phenoxy) is 1. The van der Waals surface area contributed by atoms with Crippen molar-refractivity contribution in [2.75, 3.05) is 37.7 Å². The van der Waals surface area contributed by atoms with Crippen LogP contribution in [0.5, 0.6) is 0 Å². The van der Waals surface area contributed by atoms with Crippen LogP contribution < -0.4 is 10.6 Å². The molecule has 1 aliphatic heterocycles. The third-order valence-corrected chi connectivity index (χ3v) is 3.14. The molecule has 1 aromatic rings. The first-order valence-electron chi connectivity index (χ1n) is 6.27. The highest BCUT2D eigenvalue weighted by Gasteiger charge is 2.12. The first-order chi connectivity index (χ1) is 8.29. The van der Waals surface area contributed by atoms with E-state index in [1.807, 2.05) is 6.20 Å². The molecule has 0 saturated carbocycles. The lowest BCUT2D eigenvalue weighted by atomic mass is 10.1. The van der Waals surface area contributed by atoms with Crippen LogP contribution in [0, 0.1) is 5.92 Å². The Kier molecular flexibility index (Phi) is 4.34. The summed E-state index contributed by atoms with van der Waals surface area (Å²) in [5, 5.41) is 0. The highest BCUT2D eigenvalue weighted by Crippen LogP contribution is 2.17. The van der Waals surface area contributed by atoms with E-state index in [0.717, 1.165) is 38.4 Å². The molecule has 1 atom stereocenters. The molecule has 4 heteroatoms. The van der Waals surface area contributed by atoms with E-state index in [1.165, 1.54) is 5.69 Å². The zero-order valence-corrected chi connectivity index (χ0v) is 10.4. The summed E-state index contributed by atoms with van der Waals surface area (Å²) in [6.07, 6.45) is 2.85. The van der Waals surface area contributed by atoms with E-state index in [4.69, 9.17) is 10.5 Å². The van der Waals surface area contributed by atoms with Crippen molar-refractivity contribution in [2.45, 2.75) is 13.3 Å². The summed E-state index contributed by atoms with van der Waals surface area (Å²) in [7, 11) is 0. The normalized spacial score (nSPS) is 18.1. The Morgan fingerprint density at radius 1 is 1.47 bits per heavy atom. The summed E-state index contributed by atoms with van der Waals surface area (Å²) in [4.78, 5) is 6.76. The molecule has 2 N–H and O–H groups in total. The molecule has 1 aromatic heterocycles. The molecule has 1 saturated heterocycles. The van der Waals surface area contributed by atoms with Crippen LogP contribution in [0.4, 0.5) is 5.69 Å². The second-order valence-corrected chi connectivity index (χ2v) is 4.65. The standard InChI is InChI=1S/C13H21N3O/c1-11(10-14)8-12-9-13(2-3-15-12)16-4-6-17-7-5-16/h2-3,9,11H,4-8,10,14H2,1H3. The quantitative estimate of drug-likeness (QED) is 0.847. The Balaban J connectivity index is 2.05. The van der Waals surface area contributed by atoms with Gasteiger partial charge in [-0.3, -0.25) is 4.98 Å². The van der Waals surface area contributed by atoms with Gasteiger partial charge in [-0.05, 0) is 31.0 Å². The molecule has 2 heterocycles. The van der Waals surface area contributed by atoms with Gasteiger partial charge in [0.25, 0.3) is 0 Å². The smallest absolute Gasteiger partial charge is 0.0642 e. The van der Waals surface area contributed by atoms with Crippen molar-refractivity contribution in [3.8, 4) is 0 Å². The Morgan fingerprint density at radius 3 is 2.94 bits per heavy atom. The lowest BCUT2D eigenvalue weighted by molar-refractivity contribution is 0.122. The molecule has 94 valence electrons. The van der Waals surface area contributed by atoms with Crippen LogP contribution in [0.2, 0.25) is 0 Å². The van der Waals surface area contributed by atoms with E-state index < -0.39 is 0 Å². The van der Waals surface area contributed by atoms with Gasteiger partial charge in [0.2, 0.25) is 0 Å². The number of morpholine rings is 1. The summed E-state index contributed by atoms with van der Waals surface area (Å²) < 4.78 is 5.36. The Hall–Kier alpha value is -1.13. The van der Waals surface area contributed by atoms with Crippen LogP contribution in [0.3, 0.4) is 0 Å². The maximum atomic E-state index is 5.65. The highest BCUT2D eigenvalue weighted by molar-refractivity contribution is 5.46. The molecule has 1 fully saturated rings. The number of hydrogen-bond donors (Lipinski definition) is 1. The number of anilines is 1. The van der Waals surface area contributed by atoms with Gasteiger partial charge in [-0.15, -0.1) is 0 Å². The minimum Gasteiger partial charge on any atom is -0.378 e. The fraction of sp³-hybridized carbons (Fsp3) is 0.615. The van der Waals surface area contributed by atoms with Crippen LogP contribution in [0.1, 0.15) is 12.6 Å². The highest BCUT2D eigenvalue weighted by atomic mass is 16.5. The van der Waals surface area contributed by atoms with Gasteiger partial charge in [0.15, 0.2) is 0 Å². The van der Waals surface area contributed by atoms with Crippen molar-refractivity contribution in [1.82, 2.24) is 4.98 Å². The predicted molar refractivity (Wildman–Crippen MR) is 69.2 cm³/mol. The molecule has 2 rings (SSSR count). The van der Waals surface area contributed by atoms with Crippen LogP contribution in [0.15, 0.2) is 18.3 Å². The van der Waals surface area contributed by atoms with Gasteiger partial charge in [-0.1, -0.05) is 6.92 Å². The molecule has 0 radical (unpaired) electrons. The summed E-state index contributed by atoms with van der Waals surface area (Å²) in [5.41, 5.74) is 8.03. The molecule has 1 unspecified atom stereocenters. The molecule has 0 aromatic carbocycles. The van der Waals surface area contributed by atoms with Crippen molar-refractivity contribution >= 4 is 5.69 Å². The minimum absolute atomic E-state index is 0.488. The van der Waals surface area contributed by atoms with Crippen LogP contribution in [-0.2, 0) is 11.2 Å². The van der Waals surface area contributed by atoms with Gasteiger partial charge in [0.05, 0.1) is 13.2 Å². The second kappa shape index (κ2) is 5.98. The number of hydrogen-bond acceptors (Lipinski definition) is 4. The van der Waals surface area contributed by atoms with E-state index in [1.54, 1.807) is 0 Å². The van der Waals surface area contributed by atoms with Gasteiger partial charge < -0.3 is 15.4 Å². The first-order valence-corrected chi connectivity index (χ1v) is 6.27. The summed E-state index contributed by atoms with van der Waals surface area (Å²) >= 11 is 0. The third-order valence-electron chi connectivity index (χ3n) is 3.14. The van der Waals surface area contributed by atoms with Gasteiger partial charge in [-0.25, -0.2) is 0 Å². The van der Waals surface area contributed by atoms with Gasteiger partial charge >= 0.3 is 0 Å². The van der Waals surface area contributed by atoms with E-state index in [9.17, 15) is 0 Å². The van der Waals surface area contributed by atoms with Crippen LogP contribution in [-0.4, -0.2) is 37.8 Å². The average molecular weight is 235 g/mol. The maximum Gasteiger partial charge on any atom is 0.0642 e. The summed E-state index contributed by atoms with van der Waals surface area (Å²) in [5.74, 6) is 0.488. The van der Waals surface area contributed by atoms with Gasteiger partial charge in [-0.2, -0.15) is 0 Å². The number of nitrogens with zero attached hydrogens (tertiary/aromatic N) is 2. The average Bonchev–Trinajstić information content (AvgIpc) is 2.40. The number of nitrogens with two attached hydrogens (primary N) is 1. The van der Waals surface area contributed by atoms with Crippen LogP contribution in [0.25, 0.3) is 0 Å². The van der Waals surface area contributed by atoms with Crippen LogP contribution >= 0.6 is 0 Å². The SMILES string of the molecule is CC(CN)Cc1cc(N2CCOCC2)ccn1. The molecular weight excluding hydrogens is 214 g/mol. The van der Waals surface area contributed by atoms with Crippen molar-refractivity contribution < 1.29 is 4.74 Å². The largest absolute Gasteiger partial charge is 0.378 e. The predicted octanol–water partition coefficient (Wildman–Crippen LogP) is 1.06. The second-order valence-electron chi connectivity index (χ2n) is 4.65. The van der Waals surface area contributed by atoms with Gasteiger partial charge in [0, 0.05) is 30.7 Å². The topological polar surface area (TPSA) is 51.4 Å². The van der Waals surface area contributed by atoms with Crippen molar-refractivity contribution in [3.05, 3.63) is 24.0 Å². The number of pyridine rings is 1. The Bertz CT molecular complexity index is 350. The molecular formula is C13H21N3O. The number of aromatic nitrogens is 1. The molecule has 0 bridgehead atoms. The van der Waals surface area contributed by atoms with Crippen molar-refractivity contribution in [1.29, 1.82) is 0 Å². The van der Waals surface area contributed by atoms with Crippen molar-refractivity contribution in [3.63, 3.8) is 0 Å². The molecule has 4 nitrogen and oxygen atoms in total. The van der Waals surface area contributed by atoms with E-state index in [-0.39, 0.29) is 0 Å².